The second-order valence-electron chi connectivity index (χ2n) is 5.62. The molecule has 0 unspecified atom stereocenters. The van der Waals surface area contributed by atoms with E-state index < -0.39 is 27.4 Å². The van der Waals surface area contributed by atoms with E-state index in [0.717, 1.165) is 22.2 Å². The normalized spacial score (nSPS) is 11.7. The van der Waals surface area contributed by atoms with Crippen LogP contribution in [0.2, 0.25) is 0 Å². The number of benzene rings is 2. The number of hydrogen-bond donors (Lipinski definition) is 1. The lowest BCUT2D eigenvalue weighted by molar-refractivity contribution is 0.332. The number of aryl methyl sites for hydroxylation is 1. The van der Waals surface area contributed by atoms with Crippen molar-refractivity contribution in [1.29, 1.82) is 0 Å². The highest BCUT2D eigenvalue weighted by atomic mass is 79.9. The highest BCUT2D eigenvalue weighted by molar-refractivity contribution is 9.10. The van der Waals surface area contributed by atoms with Crippen LogP contribution in [-0.2, 0) is 16.7 Å². The van der Waals surface area contributed by atoms with Crippen LogP contribution >= 0.6 is 15.9 Å². The summed E-state index contributed by atoms with van der Waals surface area (Å²) in [6.07, 6.45) is 0. The molecule has 1 aromatic heterocycles. The second-order valence-corrected chi connectivity index (χ2v) is 8.00. The fraction of sp³-hybridized carbons (Fsp3) is 0.118. The van der Waals surface area contributed by atoms with Gasteiger partial charge in [0.25, 0.3) is 0 Å². The average molecular weight is 443 g/mol. The van der Waals surface area contributed by atoms with E-state index >= 15 is 0 Å². The lowest BCUT2D eigenvalue weighted by atomic mass is 9.98. The molecule has 0 aliphatic rings. The predicted octanol–water partition coefficient (Wildman–Crippen LogP) is 4.34. The van der Waals surface area contributed by atoms with Crippen LogP contribution in [0.3, 0.4) is 0 Å². The molecule has 0 radical (unpaired) electrons. The van der Waals surface area contributed by atoms with Crippen molar-refractivity contribution >= 4 is 26.0 Å². The Morgan fingerprint density at radius 2 is 1.88 bits per heavy atom. The first-order chi connectivity index (χ1) is 12.2. The predicted molar refractivity (Wildman–Crippen MR) is 96.0 cm³/mol. The van der Waals surface area contributed by atoms with Crippen LogP contribution in [0.25, 0.3) is 22.4 Å². The molecule has 2 aromatic carbocycles. The summed E-state index contributed by atoms with van der Waals surface area (Å²) in [6.45, 7) is 0.931. The van der Waals surface area contributed by atoms with E-state index in [1.54, 1.807) is 6.07 Å². The van der Waals surface area contributed by atoms with Gasteiger partial charge in [0.05, 0.1) is 5.56 Å². The standard InChI is InChI=1S/C17H13BrF2N2O3S/c1-9-6-11(2-4-12(9)18)17-16(14(8-19)25-22-17)10-3-5-15(13(20)7-10)26(21,23)24/h2-7H,8H2,1H3,(H2,21,23,24). The summed E-state index contributed by atoms with van der Waals surface area (Å²) in [4.78, 5) is -0.638. The van der Waals surface area contributed by atoms with Crippen molar-refractivity contribution in [3.05, 3.63) is 58.0 Å². The van der Waals surface area contributed by atoms with Crippen LogP contribution in [0.15, 0.2) is 50.3 Å². The highest BCUT2D eigenvalue weighted by Gasteiger charge is 2.22. The lowest BCUT2D eigenvalue weighted by Crippen LogP contribution is -2.14. The lowest BCUT2D eigenvalue weighted by Gasteiger charge is -2.07. The Kier molecular flexibility index (Phi) is 4.96. The molecule has 0 spiro atoms. The van der Waals surface area contributed by atoms with Crippen molar-refractivity contribution in [3.63, 3.8) is 0 Å². The van der Waals surface area contributed by atoms with Gasteiger partial charge >= 0.3 is 0 Å². The summed E-state index contributed by atoms with van der Waals surface area (Å²) in [7, 11) is -4.20. The Hall–Kier alpha value is -2.10. The molecule has 3 rings (SSSR count). The van der Waals surface area contributed by atoms with Crippen molar-refractivity contribution < 1.29 is 21.7 Å². The van der Waals surface area contributed by atoms with Crippen LogP contribution in [-0.4, -0.2) is 13.6 Å². The molecule has 0 aliphatic carbocycles. The van der Waals surface area contributed by atoms with Crippen molar-refractivity contribution in [2.75, 3.05) is 0 Å². The number of primary sulfonamides is 1. The zero-order valence-corrected chi connectivity index (χ0v) is 15.9. The van der Waals surface area contributed by atoms with Crippen LogP contribution in [0, 0.1) is 12.7 Å². The molecular formula is C17H13BrF2N2O3S. The molecule has 0 saturated heterocycles. The van der Waals surface area contributed by atoms with Gasteiger partial charge in [0.15, 0.2) is 12.4 Å². The molecule has 5 nitrogen and oxygen atoms in total. The number of nitrogens with two attached hydrogens (primary N) is 1. The van der Waals surface area contributed by atoms with E-state index in [1.165, 1.54) is 6.07 Å². The van der Waals surface area contributed by atoms with E-state index in [2.05, 4.69) is 21.1 Å². The number of sulfonamides is 1. The molecule has 0 bridgehead atoms. The van der Waals surface area contributed by atoms with Gasteiger partial charge in [-0.15, -0.1) is 0 Å². The van der Waals surface area contributed by atoms with Gasteiger partial charge in [-0.05, 0) is 42.3 Å². The second kappa shape index (κ2) is 6.90. The minimum Gasteiger partial charge on any atom is -0.357 e. The third-order valence-corrected chi connectivity index (χ3v) is 5.68. The summed E-state index contributed by atoms with van der Waals surface area (Å²) < 4.78 is 56.3. The van der Waals surface area contributed by atoms with Crippen LogP contribution in [0.1, 0.15) is 11.3 Å². The van der Waals surface area contributed by atoms with Crippen LogP contribution in [0.5, 0.6) is 0 Å². The molecule has 3 aromatic rings. The maximum absolute atomic E-state index is 14.2. The number of alkyl halides is 1. The molecule has 9 heteroatoms. The molecule has 26 heavy (non-hydrogen) atoms. The molecule has 0 aliphatic heterocycles. The Morgan fingerprint density at radius 1 is 1.19 bits per heavy atom. The Morgan fingerprint density at radius 3 is 2.46 bits per heavy atom. The van der Waals surface area contributed by atoms with E-state index in [1.807, 2.05) is 19.1 Å². The van der Waals surface area contributed by atoms with Crippen LogP contribution < -0.4 is 5.14 Å². The zero-order chi connectivity index (χ0) is 19.1. The largest absolute Gasteiger partial charge is 0.357 e. The van der Waals surface area contributed by atoms with Crippen molar-refractivity contribution in [2.24, 2.45) is 5.14 Å². The van der Waals surface area contributed by atoms with Crippen molar-refractivity contribution in [1.82, 2.24) is 5.16 Å². The summed E-state index contributed by atoms with van der Waals surface area (Å²) in [5.74, 6) is -1.11. The first-order valence-corrected chi connectivity index (χ1v) is 9.70. The fourth-order valence-corrected chi connectivity index (χ4v) is 3.42. The smallest absolute Gasteiger partial charge is 0.240 e. The third-order valence-electron chi connectivity index (χ3n) is 3.84. The first kappa shape index (κ1) is 18.7. The van der Waals surface area contributed by atoms with E-state index in [-0.39, 0.29) is 16.9 Å². The van der Waals surface area contributed by atoms with Gasteiger partial charge in [0.1, 0.15) is 16.4 Å². The van der Waals surface area contributed by atoms with Gasteiger partial charge in [-0.25, -0.2) is 22.3 Å². The number of halogens is 3. The molecule has 1 heterocycles. The molecule has 0 saturated carbocycles. The Balaban J connectivity index is 2.20. The molecule has 2 N–H and O–H groups in total. The Bertz CT molecular complexity index is 1100. The van der Waals surface area contributed by atoms with E-state index in [9.17, 15) is 17.2 Å². The van der Waals surface area contributed by atoms with E-state index in [4.69, 9.17) is 9.66 Å². The molecule has 0 fully saturated rings. The zero-order valence-electron chi connectivity index (χ0n) is 13.5. The minimum atomic E-state index is -4.20. The summed E-state index contributed by atoms with van der Waals surface area (Å²) in [5.41, 5.74) is 2.40. The van der Waals surface area contributed by atoms with Gasteiger partial charge in [-0.1, -0.05) is 33.2 Å². The first-order valence-electron chi connectivity index (χ1n) is 7.36. The summed E-state index contributed by atoms with van der Waals surface area (Å²) in [6, 6.07) is 8.73. The van der Waals surface area contributed by atoms with Crippen molar-refractivity contribution in [2.45, 2.75) is 18.5 Å². The SMILES string of the molecule is Cc1cc(-c2noc(CF)c2-c2ccc(S(N)(=O)=O)c(F)c2)ccc1Br. The molecule has 0 amide bonds. The number of rotatable bonds is 4. The molecular weight excluding hydrogens is 430 g/mol. The van der Waals surface area contributed by atoms with E-state index in [0.29, 0.717) is 11.3 Å². The van der Waals surface area contributed by atoms with Gasteiger partial charge in [0.2, 0.25) is 10.0 Å². The van der Waals surface area contributed by atoms with Gasteiger partial charge in [0, 0.05) is 10.0 Å². The maximum atomic E-state index is 14.2. The average Bonchev–Trinajstić information content (AvgIpc) is 3.00. The number of nitrogens with zero attached hydrogens (tertiary/aromatic N) is 1. The van der Waals surface area contributed by atoms with Gasteiger partial charge in [-0.2, -0.15) is 0 Å². The fourth-order valence-electron chi connectivity index (χ4n) is 2.59. The maximum Gasteiger partial charge on any atom is 0.240 e. The molecule has 136 valence electrons. The monoisotopic (exact) mass is 442 g/mol. The van der Waals surface area contributed by atoms with Crippen LogP contribution in [0.4, 0.5) is 8.78 Å². The number of aromatic nitrogens is 1. The Labute approximate surface area is 157 Å². The topological polar surface area (TPSA) is 86.2 Å². The van der Waals surface area contributed by atoms with Crippen molar-refractivity contribution in [3.8, 4) is 22.4 Å². The summed E-state index contributed by atoms with van der Waals surface area (Å²) in [5, 5.41) is 8.88. The highest BCUT2D eigenvalue weighted by Crippen LogP contribution is 2.37. The third kappa shape index (κ3) is 3.42. The number of hydrogen-bond acceptors (Lipinski definition) is 4. The minimum absolute atomic E-state index is 0.0803. The quantitative estimate of drug-likeness (QED) is 0.650. The molecule has 0 atom stereocenters. The van der Waals surface area contributed by atoms with Gasteiger partial charge in [-0.3, -0.25) is 0 Å². The summed E-state index contributed by atoms with van der Waals surface area (Å²) >= 11 is 3.40. The van der Waals surface area contributed by atoms with Gasteiger partial charge < -0.3 is 4.52 Å².